The van der Waals surface area contributed by atoms with Crippen LogP contribution in [0.1, 0.15) is 33.6 Å². The Morgan fingerprint density at radius 3 is 2.43 bits per heavy atom. The summed E-state index contributed by atoms with van der Waals surface area (Å²) in [6.07, 6.45) is 1.67. The number of nitrogens with one attached hydrogen (secondary N) is 1. The number of rotatable bonds is 7. The maximum absolute atomic E-state index is 12.2. The molecule has 8 heteroatoms. The van der Waals surface area contributed by atoms with Crippen LogP contribution in [0.3, 0.4) is 0 Å². The lowest BCUT2D eigenvalue weighted by Crippen LogP contribution is -2.43. The lowest BCUT2D eigenvalue weighted by atomic mass is 10.3. The van der Waals surface area contributed by atoms with E-state index < -0.39 is 11.2 Å². The molecule has 0 saturated carbocycles. The summed E-state index contributed by atoms with van der Waals surface area (Å²) in [5, 5.41) is 0. The molecule has 0 bridgehead atoms. The van der Waals surface area contributed by atoms with E-state index in [0.717, 1.165) is 12.8 Å². The second kappa shape index (κ2) is 7.85. The van der Waals surface area contributed by atoms with Crippen LogP contribution in [-0.4, -0.2) is 47.0 Å². The number of hydrogen-bond donors (Lipinski definition) is 2. The van der Waals surface area contributed by atoms with Crippen molar-refractivity contribution in [3.8, 4) is 0 Å². The fourth-order valence-corrected chi connectivity index (χ4v) is 2.17. The van der Waals surface area contributed by atoms with E-state index in [1.54, 1.807) is 19.0 Å². The van der Waals surface area contributed by atoms with Crippen molar-refractivity contribution >= 4 is 17.4 Å². The number of likely N-dealkylation sites (N-methyl/N-ethyl adjacent to an activating group) is 2. The van der Waals surface area contributed by atoms with Crippen LogP contribution in [0.5, 0.6) is 0 Å². The van der Waals surface area contributed by atoms with Crippen LogP contribution in [-0.2, 0) is 11.3 Å². The summed E-state index contributed by atoms with van der Waals surface area (Å²) >= 11 is 0. The Morgan fingerprint density at radius 1 is 1.30 bits per heavy atom. The molecule has 0 fully saturated rings. The van der Waals surface area contributed by atoms with Gasteiger partial charge in [-0.25, -0.2) is 4.79 Å². The van der Waals surface area contributed by atoms with Crippen LogP contribution >= 0.6 is 0 Å². The topological polar surface area (TPSA) is 104 Å². The predicted molar refractivity (Wildman–Crippen MR) is 91.8 cm³/mol. The third-order valence-electron chi connectivity index (χ3n) is 3.87. The number of aromatic amines is 1. The monoisotopic (exact) mass is 325 g/mol. The second-order valence-corrected chi connectivity index (χ2v) is 5.95. The highest BCUT2D eigenvalue weighted by molar-refractivity contribution is 5.82. The van der Waals surface area contributed by atoms with Gasteiger partial charge in [0.25, 0.3) is 5.56 Å². The van der Waals surface area contributed by atoms with E-state index in [-0.39, 0.29) is 30.0 Å². The fourth-order valence-electron chi connectivity index (χ4n) is 2.17. The van der Waals surface area contributed by atoms with Crippen molar-refractivity contribution in [1.82, 2.24) is 14.5 Å². The van der Waals surface area contributed by atoms with Crippen molar-refractivity contribution in [1.29, 1.82) is 0 Å². The summed E-state index contributed by atoms with van der Waals surface area (Å²) in [6.45, 7) is 6.25. The standard InChI is InChI=1S/C15H27N5O3/c1-6-7-8-20-13(16)12(14(22)17-15(20)23)18(4)9-11(21)19(5)10(2)3/h10H,6-9,16H2,1-5H3,(H,17,22,23). The lowest BCUT2D eigenvalue weighted by molar-refractivity contribution is -0.129. The van der Waals surface area contributed by atoms with Crippen LogP contribution in [0.2, 0.25) is 0 Å². The number of unbranched alkanes of at least 4 members (excludes halogenated alkanes) is 1. The maximum atomic E-state index is 12.2. The number of H-pyrrole nitrogens is 1. The van der Waals surface area contributed by atoms with Gasteiger partial charge in [0, 0.05) is 26.7 Å². The lowest BCUT2D eigenvalue weighted by Gasteiger charge is -2.26. The molecule has 8 nitrogen and oxygen atoms in total. The molecule has 0 radical (unpaired) electrons. The van der Waals surface area contributed by atoms with Gasteiger partial charge in [-0.15, -0.1) is 0 Å². The molecule has 0 saturated heterocycles. The van der Waals surface area contributed by atoms with E-state index >= 15 is 0 Å². The number of carbonyl (C=O) groups excluding carboxylic acids is 1. The zero-order valence-electron chi connectivity index (χ0n) is 14.5. The number of nitrogen functional groups attached to an aromatic ring is 1. The predicted octanol–water partition coefficient (Wildman–Crippen LogP) is 0.222. The van der Waals surface area contributed by atoms with Gasteiger partial charge >= 0.3 is 5.69 Å². The first-order chi connectivity index (χ1) is 10.7. The third kappa shape index (κ3) is 4.37. The van der Waals surface area contributed by atoms with Gasteiger partial charge in [0.2, 0.25) is 5.91 Å². The SMILES string of the molecule is CCCCn1c(N)c(N(C)CC(=O)N(C)C(C)C)c(=O)[nH]c1=O. The first-order valence-electron chi connectivity index (χ1n) is 7.80. The number of hydrogen-bond acceptors (Lipinski definition) is 5. The highest BCUT2D eigenvalue weighted by Gasteiger charge is 2.20. The van der Waals surface area contributed by atoms with Crippen molar-refractivity contribution in [3.05, 3.63) is 20.8 Å². The van der Waals surface area contributed by atoms with E-state index in [2.05, 4.69) is 4.98 Å². The smallest absolute Gasteiger partial charge is 0.330 e. The molecule has 0 aliphatic rings. The van der Waals surface area contributed by atoms with E-state index in [1.807, 2.05) is 20.8 Å². The van der Waals surface area contributed by atoms with Gasteiger partial charge < -0.3 is 15.5 Å². The second-order valence-electron chi connectivity index (χ2n) is 5.95. The molecule has 1 rings (SSSR count). The minimum atomic E-state index is -0.581. The van der Waals surface area contributed by atoms with Crippen LogP contribution < -0.4 is 21.9 Å². The summed E-state index contributed by atoms with van der Waals surface area (Å²) in [5.74, 6) is -0.0395. The molecule has 1 aromatic rings. The average Bonchev–Trinajstić information content (AvgIpc) is 2.45. The number of anilines is 2. The quantitative estimate of drug-likeness (QED) is 0.746. The Bertz CT molecular complexity index is 662. The van der Waals surface area contributed by atoms with Gasteiger partial charge in [-0.3, -0.25) is 19.1 Å². The first kappa shape index (κ1) is 18.8. The normalized spacial score (nSPS) is 10.9. The van der Waals surface area contributed by atoms with E-state index in [1.165, 1.54) is 9.47 Å². The van der Waals surface area contributed by atoms with Crippen molar-refractivity contribution in [2.75, 3.05) is 31.3 Å². The molecule has 0 spiro atoms. The molecular weight excluding hydrogens is 298 g/mol. The maximum Gasteiger partial charge on any atom is 0.330 e. The minimum absolute atomic E-state index is 0.00788. The molecule has 23 heavy (non-hydrogen) atoms. The Kier molecular flexibility index (Phi) is 6.41. The van der Waals surface area contributed by atoms with Crippen molar-refractivity contribution in [2.45, 2.75) is 46.2 Å². The molecule has 3 N–H and O–H groups in total. The van der Waals surface area contributed by atoms with Gasteiger partial charge in [-0.05, 0) is 20.3 Å². The molecular formula is C15H27N5O3. The number of carbonyl (C=O) groups is 1. The third-order valence-corrected chi connectivity index (χ3v) is 3.87. The van der Waals surface area contributed by atoms with E-state index in [4.69, 9.17) is 5.73 Å². The summed E-state index contributed by atoms with van der Waals surface area (Å²) in [4.78, 5) is 41.5. The van der Waals surface area contributed by atoms with Crippen molar-refractivity contribution in [3.63, 3.8) is 0 Å². The highest BCUT2D eigenvalue weighted by atomic mass is 16.2. The zero-order valence-corrected chi connectivity index (χ0v) is 14.5. The van der Waals surface area contributed by atoms with Gasteiger partial charge in [0.1, 0.15) is 11.5 Å². The summed E-state index contributed by atoms with van der Waals surface area (Å²) in [6, 6.07) is 0.0602. The van der Waals surface area contributed by atoms with Gasteiger partial charge in [0.05, 0.1) is 6.54 Å². The van der Waals surface area contributed by atoms with Crippen LogP contribution in [0.25, 0.3) is 0 Å². The number of nitrogens with zero attached hydrogens (tertiary/aromatic N) is 3. The summed E-state index contributed by atoms with van der Waals surface area (Å²) in [7, 11) is 3.32. The summed E-state index contributed by atoms with van der Waals surface area (Å²) < 4.78 is 1.34. The number of aromatic nitrogens is 2. The molecule has 0 aromatic carbocycles. The molecule has 130 valence electrons. The Hall–Kier alpha value is -2.25. The number of amides is 1. The molecule has 0 aliphatic heterocycles. The van der Waals surface area contributed by atoms with Crippen molar-refractivity contribution < 1.29 is 4.79 Å². The zero-order chi connectivity index (χ0) is 17.7. The van der Waals surface area contributed by atoms with Crippen LogP contribution in [0, 0.1) is 0 Å². The van der Waals surface area contributed by atoms with Crippen molar-refractivity contribution in [2.24, 2.45) is 0 Å². The minimum Gasteiger partial charge on any atom is -0.383 e. The van der Waals surface area contributed by atoms with Crippen LogP contribution in [0.15, 0.2) is 9.59 Å². The van der Waals surface area contributed by atoms with E-state index in [0.29, 0.717) is 6.54 Å². The first-order valence-corrected chi connectivity index (χ1v) is 7.80. The molecule has 1 aromatic heterocycles. The largest absolute Gasteiger partial charge is 0.383 e. The fraction of sp³-hybridized carbons (Fsp3) is 0.667. The van der Waals surface area contributed by atoms with Gasteiger partial charge in [-0.1, -0.05) is 13.3 Å². The van der Waals surface area contributed by atoms with E-state index in [9.17, 15) is 14.4 Å². The Morgan fingerprint density at radius 2 is 1.91 bits per heavy atom. The average molecular weight is 325 g/mol. The molecule has 0 aliphatic carbocycles. The molecule has 1 amide bonds. The van der Waals surface area contributed by atoms with Gasteiger partial charge in [0.15, 0.2) is 0 Å². The number of nitrogens with two attached hydrogens (primary N) is 1. The Balaban J connectivity index is 3.14. The molecule has 0 unspecified atom stereocenters. The summed E-state index contributed by atoms with van der Waals surface area (Å²) in [5.41, 5.74) is 5.05. The van der Waals surface area contributed by atoms with Crippen LogP contribution in [0.4, 0.5) is 11.5 Å². The molecule has 0 atom stereocenters. The molecule has 1 heterocycles. The Labute approximate surface area is 135 Å². The van der Waals surface area contributed by atoms with Gasteiger partial charge in [-0.2, -0.15) is 0 Å². The highest BCUT2D eigenvalue weighted by Crippen LogP contribution is 2.15.